The van der Waals surface area contributed by atoms with Crippen LogP contribution in [0.2, 0.25) is 5.02 Å². The number of nitrogens with one attached hydrogen (secondary N) is 2. The van der Waals surface area contributed by atoms with E-state index in [-0.39, 0.29) is 11.9 Å². The monoisotopic (exact) mass is 433 g/mol. The van der Waals surface area contributed by atoms with E-state index in [9.17, 15) is 4.79 Å². The number of hydrogen-bond acceptors (Lipinski definition) is 3. The number of benzene rings is 3. The lowest BCUT2D eigenvalue weighted by molar-refractivity contribution is -0.123. The number of nitrogens with two attached hydrogens (primary N) is 1. The molecule has 0 aliphatic carbocycles. The van der Waals surface area contributed by atoms with Crippen LogP contribution >= 0.6 is 11.6 Å². The summed E-state index contributed by atoms with van der Waals surface area (Å²) in [6, 6.07) is 22.0. The molecule has 1 aliphatic rings. The molecule has 4 rings (SSSR count). The summed E-state index contributed by atoms with van der Waals surface area (Å²) in [6.45, 7) is 2.80. The molecule has 2 atom stereocenters. The molecule has 4 N–H and O–H groups in total. The number of rotatable bonds is 6. The number of carbonyl (C=O) groups is 1. The standard InChI is InChI=1S/C26H28ClN3O/c1-17-7-9-20(22(27)13-17)16-23(28)26(31)30-25-11-12-29-24-10-8-19(15-21(24)25)14-18-5-3-2-4-6-18/h2-10,13,15,23,25,29H,11-12,14,16,28H2,1H3,(H,30,31)/t23-,25+/m0/s1. The molecule has 4 nitrogen and oxygen atoms in total. The molecule has 0 saturated heterocycles. The van der Waals surface area contributed by atoms with Crippen molar-refractivity contribution in [1.29, 1.82) is 0 Å². The summed E-state index contributed by atoms with van der Waals surface area (Å²) >= 11 is 6.33. The Hall–Kier alpha value is -2.82. The summed E-state index contributed by atoms with van der Waals surface area (Å²) in [7, 11) is 0. The first kappa shape index (κ1) is 21.4. The van der Waals surface area contributed by atoms with Gasteiger partial charge >= 0.3 is 0 Å². The number of hydrogen-bond donors (Lipinski definition) is 3. The third-order valence-corrected chi connectivity index (χ3v) is 6.14. The molecule has 0 bridgehead atoms. The molecule has 1 amide bonds. The summed E-state index contributed by atoms with van der Waals surface area (Å²) in [4.78, 5) is 12.9. The van der Waals surface area contributed by atoms with Gasteiger partial charge in [0, 0.05) is 17.3 Å². The van der Waals surface area contributed by atoms with E-state index in [1.807, 2.05) is 31.2 Å². The van der Waals surface area contributed by atoms with Gasteiger partial charge in [0.05, 0.1) is 12.1 Å². The summed E-state index contributed by atoms with van der Waals surface area (Å²) in [5, 5.41) is 7.26. The first-order valence-corrected chi connectivity index (χ1v) is 11.1. The van der Waals surface area contributed by atoms with Gasteiger partial charge in [-0.15, -0.1) is 0 Å². The van der Waals surface area contributed by atoms with Gasteiger partial charge < -0.3 is 16.4 Å². The van der Waals surface area contributed by atoms with Gasteiger partial charge in [0.25, 0.3) is 0 Å². The lowest BCUT2D eigenvalue weighted by Gasteiger charge is -2.29. The topological polar surface area (TPSA) is 67.2 Å². The van der Waals surface area contributed by atoms with Crippen molar-refractivity contribution >= 4 is 23.2 Å². The average molecular weight is 434 g/mol. The predicted octanol–water partition coefficient (Wildman–Crippen LogP) is 4.78. The van der Waals surface area contributed by atoms with Crippen LogP contribution in [0.4, 0.5) is 5.69 Å². The van der Waals surface area contributed by atoms with Crippen LogP contribution in [0.25, 0.3) is 0 Å². The zero-order valence-electron chi connectivity index (χ0n) is 17.7. The van der Waals surface area contributed by atoms with Crippen molar-refractivity contribution in [1.82, 2.24) is 5.32 Å². The minimum Gasteiger partial charge on any atom is -0.385 e. The highest BCUT2D eigenvalue weighted by atomic mass is 35.5. The Kier molecular flexibility index (Phi) is 6.59. The number of amides is 1. The molecule has 160 valence electrons. The molecular weight excluding hydrogens is 406 g/mol. The van der Waals surface area contributed by atoms with Crippen LogP contribution < -0.4 is 16.4 Å². The van der Waals surface area contributed by atoms with Crippen molar-refractivity contribution in [3.8, 4) is 0 Å². The third-order valence-electron chi connectivity index (χ3n) is 5.79. The SMILES string of the molecule is Cc1ccc(C[C@H](N)C(=O)N[C@@H]2CCNc3ccc(Cc4ccccc4)cc32)c(Cl)c1. The van der Waals surface area contributed by atoms with Gasteiger partial charge in [-0.05, 0) is 66.1 Å². The van der Waals surface area contributed by atoms with Crippen molar-refractivity contribution in [2.24, 2.45) is 5.73 Å². The van der Waals surface area contributed by atoms with Gasteiger partial charge in [0.1, 0.15) is 0 Å². The highest BCUT2D eigenvalue weighted by Crippen LogP contribution is 2.31. The van der Waals surface area contributed by atoms with Crippen LogP contribution in [0, 0.1) is 6.92 Å². The maximum absolute atomic E-state index is 12.9. The summed E-state index contributed by atoms with van der Waals surface area (Å²) in [6.07, 6.45) is 2.10. The van der Waals surface area contributed by atoms with Gasteiger partial charge in [-0.3, -0.25) is 4.79 Å². The summed E-state index contributed by atoms with van der Waals surface area (Å²) < 4.78 is 0. The second-order valence-corrected chi connectivity index (χ2v) is 8.67. The Morgan fingerprint density at radius 1 is 1.13 bits per heavy atom. The Labute approximate surface area is 188 Å². The van der Waals surface area contributed by atoms with E-state index < -0.39 is 6.04 Å². The van der Waals surface area contributed by atoms with E-state index in [0.717, 1.165) is 41.8 Å². The smallest absolute Gasteiger partial charge is 0.237 e. The Balaban J connectivity index is 1.46. The number of aryl methyl sites for hydroxylation is 1. The van der Waals surface area contributed by atoms with E-state index in [2.05, 4.69) is 53.1 Å². The fraction of sp³-hybridized carbons (Fsp3) is 0.269. The largest absolute Gasteiger partial charge is 0.385 e. The fourth-order valence-corrected chi connectivity index (χ4v) is 4.40. The van der Waals surface area contributed by atoms with Gasteiger partial charge in [-0.25, -0.2) is 0 Å². The average Bonchev–Trinajstić information content (AvgIpc) is 2.76. The molecule has 5 heteroatoms. The molecule has 0 fully saturated rings. The second kappa shape index (κ2) is 9.54. The van der Waals surface area contributed by atoms with Crippen molar-refractivity contribution in [2.75, 3.05) is 11.9 Å². The van der Waals surface area contributed by atoms with Crippen LogP contribution in [0.15, 0.2) is 66.7 Å². The number of anilines is 1. The van der Waals surface area contributed by atoms with Crippen LogP contribution in [0.1, 0.15) is 40.3 Å². The summed E-state index contributed by atoms with van der Waals surface area (Å²) in [5.74, 6) is -0.150. The lowest BCUT2D eigenvalue weighted by Crippen LogP contribution is -2.44. The minimum atomic E-state index is -0.647. The molecule has 3 aromatic rings. The van der Waals surface area contributed by atoms with Crippen LogP contribution in [0.3, 0.4) is 0 Å². The molecule has 0 spiro atoms. The van der Waals surface area contributed by atoms with Gasteiger partial charge in [-0.1, -0.05) is 66.2 Å². The lowest BCUT2D eigenvalue weighted by atomic mass is 9.93. The fourth-order valence-electron chi connectivity index (χ4n) is 4.09. The zero-order valence-corrected chi connectivity index (χ0v) is 18.5. The quantitative estimate of drug-likeness (QED) is 0.524. The van der Waals surface area contributed by atoms with Crippen molar-refractivity contribution in [2.45, 2.75) is 38.3 Å². The zero-order chi connectivity index (χ0) is 21.8. The highest BCUT2D eigenvalue weighted by Gasteiger charge is 2.25. The number of carbonyl (C=O) groups excluding carboxylic acids is 1. The number of fused-ring (bicyclic) bond motifs is 1. The normalized spacial score (nSPS) is 16.2. The Bertz CT molecular complexity index is 1070. The molecule has 0 saturated carbocycles. The molecule has 0 unspecified atom stereocenters. The van der Waals surface area contributed by atoms with Crippen LogP contribution in [-0.2, 0) is 17.6 Å². The molecule has 0 radical (unpaired) electrons. The van der Waals surface area contributed by atoms with E-state index >= 15 is 0 Å². The van der Waals surface area contributed by atoms with Crippen LogP contribution in [0.5, 0.6) is 0 Å². The Morgan fingerprint density at radius 3 is 2.71 bits per heavy atom. The highest BCUT2D eigenvalue weighted by molar-refractivity contribution is 6.31. The van der Waals surface area contributed by atoms with E-state index in [1.165, 1.54) is 11.1 Å². The maximum Gasteiger partial charge on any atom is 0.237 e. The number of halogens is 1. The second-order valence-electron chi connectivity index (χ2n) is 8.27. The van der Waals surface area contributed by atoms with Crippen molar-refractivity contribution in [3.05, 3.63) is 99.6 Å². The molecule has 1 aliphatic heterocycles. The summed E-state index contributed by atoms with van der Waals surface area (Å²) in [5.41, 5.74) is 12.9. The predicted molar refractivity (Wildman–Crippen MR) is 128 cm³/mol. The van der Waals surface area contributed by atoms with Crippen molar-refractivity contribution < 1.29 is 4.79 Å². The van der Waals surface area contributed by atoms with Gasteiger partial charge in [0.2, 0.25) is 5.91 Å². The van der Waals surface area contributed by atoms with E-state index in [0.29, 0.717) is 11.4 Å². The third kappa shape index (κ3) is 5.27. The Morgan fingerprint density at radius 2 is 1.94 bits per heavy atom. The van der Waals surface area contributed by atoms with Gasteiger partial charge in [-0.2, -0.15) is 0 Å². The molecule has 3 aromatic carbocycles. The van der Waals surface area contributed by atoms with Crippen molar-refractivity contribution in [3.63, 3.8) is 0 Å². The molecule has 0 aromatic heterocycles. The van der Waals surface area contributed by atoms with E-state index in [1.54, 1.807) is 0 Å². The molecule has 1 heterocycles. The minimum absolute atomic E-state index is 0.0565. The molecular formula is C26H28ClN3O. The first-order chi connectivity index (χ1) is 15.0. The molecule has 31 heavy (non-hydrogen) atoms. The van der Waals surface area contributed by atoms with E-state index in [4.69, 9.17) is 17.3 Å². The van der Waals surface area contributed by atoms with Crippen LogP contribution in [-0.4, -0.2) is 18.5 Å². The van der Waals surface area contributed by atoms with Gasteiger partial charge in [0.15, 0.2) is 0 Å². The first-order valence-electron chi connectivity index (χ1n) is 10.7. The maximum atomic E-state index is 12.9.